The van der Waals surface area contributed by atoms with Crippen molar-refractivity contribution in [2.24, 2.45) is 10.7 Å². The van der Waals surface area contributed by atoms with E-state index in [2.05, 4.69) is 17.2 Å². The smallest absolute Gasteiger partial charge is 0.188 e. The molecule has 6 heteroatoms. The number of rotatable bonds is 6. The Morgan fingerprint density at radius 2 is 2.10 bits per heavy atom. The van der Waals surface area contributed by atoms with E-state index < -0.39 is 5.60 Å². The summed E-state index contributed by atoms with van der Waals surface area (Å²) in [6.45, 7) is 4.75. The van der Waals surface area contributed by atoms with E-state index in [4.69, 9.17) is 17.3 Å². The first-order valence-corrected chi connectivity index (χ1v) is 6.86. The Morgan fingerprint density at radius 1 is 1.45 bits per heavy atom. The fourth-order valence-corrected chi connectivity index (χ4v) is 2.01. The van der Waals surface area contributed by atoms with Crippen LogP contribution >= 0.6 is 35.6 Å². The van der Waals surface area contributed by atoms with E-state index in [1.54, 1.807) is 19.1 Å². The number of hydrogen-bond acceptors (Lipinski definition) is 2. The van der Waals surface area contributed by atoms with Gasteiger partial charge in [0.2, 0.25) is 0 Å². The van der Waals surface area contributed by atoms with Gasteiger partial charge >= 0.3 is 0 Å². The summed E-state index contributed by atoms with van der Waals surface area (Å²) >= 11 is 6.07. The first kappa shape index (κ1) is 19.5. The van der Waals surface area contributed by atoms with Gasteiger partial charge < -0.3 is 16.2 Å². The van der Waals surface area contributed by atoms with Gasteiger partial charge in [-0.3, -0.25) is 4.99 Å². The number of hydrogen-bond donors (Lipinski definition) is 3. The molecule has 0 heterocycles. The summed E-state index contributed by atoms with van der Waals surface area (Å²) in [5.41, 5.74) is 5.26. The highest BCUT2D eigenvalue weighted by Gasteiger charge is 2.25. The third-order valence-corrected chi connectivity index (χ3v) is 3.18. The van der Waals surface area contributed by atoms with Crippen LogP contribution in [0.3, 0.4) is 0 Å². The molecule has 0 amide bonds. The van der Waals surface area contributed by atoms with E-state index in [0.717, 1.165) is 19.4 Å². The van der Waals surface area contributed by atoms with E-state index in [9.17, 15) is 5.11 Å². The molecule has 1 aromatic rings. The van der Waals surface area contributed by atoms with E-state index in [0.29, 0.717) is 16.5 Å². The van der Waals surface area contributed by atoms with Crippen LogP contribution < -0.4 is 11.1 Å². The van der Waals surface area contributed by atoms with Gasteiger partial charge in [0.15, 0.2) is 5.96 Å². The largest absolute Gasteiger partial charge is 0.383 e. The van der Waals surface area contributed by atoms with Crippen molar-refractivity contribution >= 4 is 41.5 Å². The predicted octanol–water partition coefficient (Wildman–Crippen LogP) is 2.87. The first-order chi connectivity index (χ1) is 8.97. The molecular formula is C14H23ClIN3O. The van der Waals surface area contributed by atoms with Gasteiger partial charge in [0, 0.05) is 17.1 Å². The Labute approximate surface area is 142 Å². The summed E-state index contributed by atoms with van der Waals surface area (Å²) in [5.74, 6) is 0.348. The van der Waals surface area contributed by atoms with Gasteiger partial charge in [-0.15, -0.1) is 24.0 Å². The predicted molar refractivity (Wildman–Crippen MR) is 95.8 cm³/mol. The summed E-state index contributed by atoms with van der Waals surface area (Å²) in [5, 5.41) is 13.9. The molecule has 20 heavy (non-hydrogen) atoms. The highest BCUT2D eigenvalue weighted by atomic mass is 127. The van der Waals surface area contributed by atoms with Crippen LogP contribution in [0, 0.1) is 0 Å². The summed E-state index contributed by atoms with van der Waals surface area (Å²) in [6, 6.07) is 7.20. The third kappa shape index (κ3) is 6.28. The zero-order chi connectivity index (χ0) is 14.3. The molecule has 4 N–H and O–H groups in total. The number of unbranched alkanes of at least 4 members (excludes halogenated alkanes) is 1. The Balaban J connectivity index is 0.00000361. The van der Waals surface area contributed by atoms with Gasteiger partial charge in [0.1, 0.15) is 5.60 Å². The minimum Gasteiger partial charge on any atom is -0.383 e. The van der Waals surface area contributed by atoms with Gasteiger partial charge in [0.25, 0.3) is 0 Å². The van der Waals surface area contributed by atoms with Crippen LogP contribution in [0.1, 0.15) is 32.3 Å². The van der Waals surface area contributed by atoms with Crippen LogP contribution in [0.25, 0.3) is 0 Å². The Bertz CT molecular complexity index is 438. The second-order valence-corrected chi connectivity index (χ2v) is 5.14. The van der Waals surface area contributed by atoms with Gasteiger partial charge in [-0.25, -0.2) is 0 Å². The van der Waals surface area contributed by atoms with Gasteiger partial charge in [-0.1, -0.05) is 43.1 Å². The molecule has 114 valence electrons. The van der Waals surface area contributed by atoms with E-state index in [-0.39, 0.29) is 30.5 Å². The number of aliphatic hydroxyl groups is 1. The standard InChI is InChI=1S/C14H22ClN3O.HI/c1-3-4-9-17-13(16)18-10-14(2,19)11-7-5-6-8-12(11)15;/h5-8,19H,3-4,9-10H2,1-2H3,(H3,16,17,18);1H. The number of nitrogens with zero attached hydrogens (tertiary/aromatic N) is 1. The van der Waals surface area contributed by atoms with Crippen molar-refractivity contribution < 1.29 is 5.11 Å². The highest BCUT2D eigenvalue weighted by molar-refractivity contribution is 14.0. The van der Waals surface area contributed by atoms with Crippen molar-refractivity contribution in [2.45, 2.75) is 32.3 Å². The summed E-state index contributed by atoms with van der Waals surface area (Å²) in [7, 11) is 0. The molecule has 0 aliphatic rings. The minimum absolute atomic E-state index is 0. The average Bonchev–Trinajstić information content (AvgIpc) is 2.37. The van der Waals surface area contributed by atoms with Crippen molar-refractivity contribution in [1.29, 1.82) is 0 Å². The molecule has 1 atom stereocenters. The minimum atomic E-state index is -1.13. The summed E-state index contributed by atoms with van der Waals surface area (Å²) in [6.07, 6.45) is 2.13. The lowest BCUT2D eigenvalue weighted by molar-refractivity contribution is 0.0674. The van der Waals surface area contributed by atoms with E-state index >= 15 is 0 Å². The third-order valence-electron chi connectivity index (χ3n) is 2.85. The highest BCUT2D eigenvalue weighted by Crippen LogP contribution is 2.27. The second kappa shape index (κ2) is 9.41. The second-order valence-electron chi connectivity index (χ2n) is 4.74. The van der Waals surface area contributed by atoms with Crippen molar-refractivity contribution in [1.82, 2.24) is 5.32 Å². The van der Waals surface area contributed by atoms with Crippen LogP contribution in [0.2, 0.25) is 5.02 Å². The van der Waals surface area contributed by atoms with Crippen molar-refractivity contribution in [2.75, 3.05) is 13.1 Å². The zero-order valence-corrected chi connectivity index (χ0v) is 15.0. The maximum Gasteiger partial charge on any atom is 0.188 e. The lowest BCUT2D eigenvalue weighted by Gasteiger charge is -2.23. The maximum absolute atomic E-state index is 10.4. The number of aliphatic imine (C=N–C) groups is 1. The van der Waals surface area contributed by atoms with Crippen molar-refractivity contribution in [3.05, 3.63) is 34.9 Å². The number of nitrogens with one attached hydrogen (secondary N) is 1. The molecule has 1 rings (SSSR count). The molecule has 1 aromatic carbocycles. The molecular weight excluding hydrogens is 389 g/mol. The van der Waals surface area contributed by atoms with E-state index in [1.165, 1.54) is 0 Å². The van der Waals surface area contributed by atoms with Crippen LogP contribution in [0.4, 0.5) is 0 Å². The zero-order valence-electron chi connectivity index (χ0n) is 11.9. The van der Waals surface area contributed by atoms with Crippen LogP contribution in [-0.2, 0) is 5.60 Å². The van der Waals surface area contributed by atoms with Gasteiger partial charge in [-0.2, -0.15) is 0 Å². The molecule has 0 fully saturated rings. The monoisotopic (exact) mass is 411 g/mol. The summed E-state index contributed by atoms with van der Waals surface area (Å²) in [4.78, 5) is 4.16. The Morgan fingerprint density at radius 3 is 2.70 bits per heavy atom. The molecule has 0 bridgehead atoms. The fourth-order valence-electron chi connectivity index (χ4n) is 1.67. The van der Waals surface area contributed by atoms with Crippen molar-refractivity contribution in [3.8, 4) is 0 Å². The average molecular weight is 412 g/mol. The molecule has 0 spiro atoms. The molecule has 0 aromatic heterocycles. The molecule has 0 saturated heterocycles. The van der Waals surface area contributed by atoms with Crippen LogP contribution in [0.15, 0.2) is 29.3 Å². The number of guanidine groups is 1. The number of nitrogens with two attached hydrogens (primary N) is 1. The van der Waals surface area contributed by atoms with E-state index in [1.807, 2.05) is 12.1 Å². The molecule has 4 nitrogen and oxygen atoms in total. The SMILES string of the molecule is CCCCNC(N)=NCC(C)(O)c1ccccc1Cl.I. The van der Waals surface area contributed by atoms with Crippen molar-refractivity contribution in [3.63, 3.8) is 0 Å². The Hall–Kier alpha value is -0.530. The molecule has 0 aliphatic carbocycles. The van der Waals surface area contributed by atoms with Gasteiger partial charge in [0.05, 0.1) is 6.54 Å². The molecule has 0 saturated carbocycles. The lowest BCUT2D eigenvalue weighted by atomic mass is 9.96. The van der Waals surface area contributed by atoms with Crippen LogP contribution in [-0.4, -0.2) is 24.2 Å². The Kier molecular flexibility index (Phi) is 9.16. The van der Waals surface area contributed by atoms with Gasteiger partial charge in [-0.05, 0) is 19.4 Å². The normalized spacial score (nSPS) is 14.3. The molecule has 1 unspecified atom stereocenters. The summed E-state index contributed by atoms with van der Waals surface area (Å²) < 4.78 is 0. The number of benzene rings is 1. The topological polar surface area (TPSA) is 70.6 Å². The molecule has 0 aliphatic heterocycles. The fraction of sp³-hybridized carbons (Fsp3) is 0.500. The lowest BCUT2D eigenvalue weighted by Crippen LogP contribution is -2.35. The molecule has 0 radical (unpaired) electrons. The van der Waals surface area contributed by atoms with Crippen LogP contribution in [0.5, 0.6) is 0 Å². The maximum atomic E-state index is 10.4. The number of halogens is 2. The quantitative estimate of drug-likeness (QED) is 0.292. The first-order valence-electron chi connectivity index (χ1n) is 6.48.